The van der Waals surface area contributed by atoms with Crippen LogP contribution < -0.4 is 5.32 Å². The highest BCUT2D eigenvalue weighted by Gasteiger charge is 2.14. The van der Waals surface area contributed by atoms with E-state index in [2.05, 4.69) is 10.3 Å². The number of aromatic nitrogens is 2. The minimum Gasteiger partial charge on any atom is -0.329 e. The first-order valence-corrected chi connectivity index (χ1v) is 8.71. The van der Waals surface area contributed by atoms with Gasteiger partial charge in [-0.1, -0.05) is 29.8 Å². The van der Waals surface area contributed by atoms with Crippen LogP contribution in [-0.4, -0.2) is 15.5 Å². The Morgan fingerprint density at radius 1 is 1.28 bits per heavy atom. The number of hydrogen-bond acceptors (Lipinski definition) is 3. The fourth-order valence-corrected chi connectivity index (χ4v) is 3.38. The van der Waals surface area contributed by atoms with Gasteiger partial charge in [0.25, 0.3) is 0 Å². The van der Waals surface area contributed by atoms with Crippen molar-refractivity contribution in [3.63, 3.8) is 0 Å². The number of anilines is 1. The van der Waals surface area contributed by atoms with Gasteiger partial charge in [0, 0.05) is 34.9 Å². The predicted molar refractivity (Wildman–Crippen MR) is 97.5 cm³/mol. The van der Waals surface area contributed by atoms with E-state index in [0.717, 1.165) is 10.1 Å². The van der Waals surface area contributed by atoms with Crippen molar-refractivity contribution < 1.29 is 9.18 Å². The molecule has 0 aliphatic carbocycles. The Morgan fingerprint density at radius 2 is 2.08 bits per heavy atom. The number of para-hydroxylation sites is 1. The molecule has 1 aromatic heterocycles. The Labute approximate surface area is 154 Å². The molecule has 0 saturated heterocycles. The second-order valence-corrected chi connectivity index (χ2v) is 6.76. The third-order valence-electron chi connectivity index (χ3n) is 3.54. The van der Waals surface area contributed by atoms with Crippen LogP contribution in [0.25, 0.3) is 0 Å². The van der Waals surface area contributed by atoms with Crippen LogP contribution >= 0.6 is 23.4 Å². The number of benzene rings is 2. The molecule has 1 heterocycles. The lowest BCUT2D eigenvalue weighted by Gasteiger charge is -2.11. The number of amides is 1. The second-order valence-electron chi connectivity index (χ2n) is 5.34. The van der Waals surface area contributed by atoms with Crippen LogP contribution in [0.3, 0.4) is 0 Å². The summed E-state index contributed by atoms with van der Waals surface area (Å²) in [7, 11) is 1.90. The Balaban J connectivity index is 1.77. The third kappa shape index (κ3) is 4.21. The monoisotopic (exact) mass is 375 g/mol. The maximum absolute atomic E-state index is 13.8. The summed E-state index contributed by atoms with van der Waals surface area (Å²) in [6.45, 7) is 0. The lowest BCUT2D eigenvalue weighted by molar-refractivity contribution is -0.115. The van der Waals surface area contributed by atoms with E-state index in [1.54, 1.807) is 18.3 Å². The number of aryl methyl sites for hydroxylation is 1. The first-order chi connectivity index (χ1) is 12.0. The van der Waals surface area contributed by atoms with Crippen molar-refractivity contribution in [2.45, 2.75) is 16.5 Å². The van der Waals surface area contributed by atoms with Gasteiger partial charge in [-0.2, -0.15) is 0 Å². The first kappa shape index (κ1) is 17.5. The fraction of sp³-hybridized carbons (Fsp3) is 0.111. The molecule has 2 aromatic carbocycles. The SMILES string of the molecule is Cn1ccnc1Sc1ccccc1NC(=O)Cc1c(F)cccc1Cl. The van der Waals surface area contributed by atoms with Gasteiger partial charge in [-0.15, -0.1) is 0 Å². The Morgan fingerprint density at radius 3 is 2.80 bits per heavy atom. The molecule has 128 valence electrons. The van der Waals surface area contributed by atoms with Crippen molar-refractivity contribution in [2.24, 2.45) is 7.05 Å². The second kappa shape index (κ2) is 7.72. The maximum Gasteiger partial charge on any atom is 0.228 e. The standard InChI is InChI=1S/C18H15ClFN3OS/c1-23-10-9-21-18(23)25-16-8-3-2-7-15(16)22-17(24)11-12-13(19)5-4-6-14(12)20/h2-10H,11H2,1H3,(H,22,24). The quantitative estimate of drug-likeness (QED) is 0.711. The van der Waals surface area contributed by atoms with E-state index in [4.69, 9.17) is 11.6 Å². The van der Waals surface area contributed by atoms with Gasteiger partial charge in [0.2, 0.25) is 5.91 Å². The maximum atomic E-state index is 13.8. The number of halogens is 2. The van der Waals surface area contributed by atoms with Crippen LogP contribution in [0, 0.1) is 5.82 Å². The van der Waals surface area contributed by atoms with Crippen LogP contribution in [0.2, 0.25) is 5.02 Å². The molecule has 3 rings (SSSR count). The molecule has 0 fully saturated rings. The molecule has 0 saturated carbocycles. The lowest BCUT2D eigenvalue weighted by Crippen LogP contribution is -2.16. The summed E-state index contributed by atoms with van der Waals surface area (Å²) < 4.78 is 15.7. The van der Waals surface area contributed by atoms with E-state index < -0.39 is 5.82 Å². The molecular formula is C18H15ClFN3OS. The molecule has 0 spiro atoms. The molecule has 3 aromatic rings. The van der Waals surface area contributed by atoms with Crippen LogP contribution in [-0.2, 0) is 18.3 Å². The normalized spacial score (nSPS) is 10.7. The van der Waals surface area contributed by atoms with Crippen molar-refractivity contribution >= 4 is 35.0 Å². The summed E-state index contributed by atoms with van der Waals surface area (Å²) >= 11 is 7.42. The van der Waals surface area contributed by atoms with E-state index in [0.29, 0.717) is 5.69 Å². The molecule has 0 radical (unpaired) electrons. The molecule has 1 N–H and O–H groups in total. The van der Waals surface area contributed by atoms with Gasteiger partial charge in [-0.25, -0.2) is 9.37 Å². The molecule has 1 amide bonds. The van der Waals surface area contributed by atoms with E-state index in [-0.39, 0.29) is 22.9 Å². The molecule has 0 aliphatic rings. The minimum atomic E-state index is -0.488. The summed E-state index contributed by atoms with van der Waals surface area (Å²) in [6, 6.07) is 11.8. The van der Waals surface area contributed by atoms with E-state index in [1.165, 1.54) is 23.9 Å². The van der Waals surface area contributed by atoms with Gasteiger partial charge >= 0.3 is 0 Å². The number of nitrogens with one attached hydrogen (secondary N) is 1. The molecule has 25 heavy (non-hydrogen) atoms. The van der Waals surface area contributed by atoms with Gasteiger partial charge in [0.1, 0.15) is 5.82 Å². The molecule has 0 atom stereocenters. The summed E-state index contributed by atoms with van der Waals surface area (Å²) in [5.74, 6) is -0.821. The van der Waals surface area contributed by atoms with E-state index in [9.17, 15) is 9.18 Å². The largest absolute Gasteiger partial charge is 0.329 e. The zero-order valence-corrected chi connectivity index (χ0v) is 14.9. The molecule has 0 bridgehead atoms. The van der Waals surface area contributed by atoms with Crippen LogP contribution in [0.4, 0.5) is 10.1 Å². The first-order valence-electron chi connectivity index (χ1n) is 7.51. The zero-order valence-electron chi connectivity index (χ0n) is 13.4. The number of carbonyl (C=O) groups excluding carboxylic acids is 1. The summed E-state index contributed by atoms with van der Waals surface area (Å²) in [5, 5.41) is 3.87. The predicted octanol–water partition coefficient (Wildman–Crippen LogP) is 4.55. The Kier molecular flexibility index (Phi) is 5.40. The average molecular weight is 376 g/mol. The van der Waals surface area contributed by atoms with Crippen LogP contribution in [0.15, 0.2) is 64.9 Å². The number of hydrogen-bond donors (Lipinski definition) is 1. The molecule has 7 heteroatoms. The van der Waals surface area contributed by atoms with Gasteiger partial charge < -0.3 is 9.88 Å². The third-order valence-corrected chi connectivity index (χ3v) is 5.04. The van der Waals surface area contributed by atoms with Crippen molar-refractivity contribution in [3.05, 3.63) is 71.3 Å². The number of carbonyl (C=O) groups is 1. The summed E-state index contributed by atoms with van der Waals surface area (Å²) in [5.41, 5.74) is 0.837. The molecule has 0 unspecified atom stereocenters. The number of nitrogens with zero attached hydrogens (tertiary/aromatic N) is 2. The Bertz CT molecular complexity index is 893. The minimum absolute atomic E-state index is 0.132. The average Bonchev–Trinajstić information content (AvgIpc) is 2.98. The van der Waals surface area contributed by atoms with Gasteiger partial charge in [-0.3, -0.25) is 4.79 Å². The van der Waals surface area contributed by atoms with E-state index >= 15 is 0 Å². The van der Waals surface area contributed by atoms with Gasteiger partial charge in [0.15, 0.2) is 5.16 Å². The molecule has 4 nitrogen and oxygen atoms in total. The fourth-order valence-electron chi connectivity index (χ4n) is 2.26. The summed E-state index contributed by atoms with van der Waals surface area (Å²) in [6.07, 6.45) is 3.43. The van der Waals surface area contributed by atoms with Crippen molar-refractivity contribution in [1.29, 1.82) is 0 Å². The smallest absolute Gasteiger partial charge is 0.228 e. The van der Waals surface area contributed by atoms with Crippen molar-refractivity contribution in [2.75, 3.05) is 5.32 Å². The van der Waals surface area contributed by atoms with Crippen molar-refractivity contribution in [3.8, 4) is 0 Å². The molecular weight excluding hydrogens is 361 g/mol. The topological polar surface area (TPSA) is 46.9 Å². The molecule has 0 aliphatic heterocycles. The van der Waals surface area contributed by atoms with Crippen molar-refractivity contribution in [1.82, 2.24) is 9.55 Å². The lowest BCUT2D eigenvalue weighted by atomic mass is 10.1. The van der Waals surface area contributed by atoms with Gasteiger partial charge in [-0.05, 0) is 36.0 Å². The van der Waals surface area contributed by atoms with Crippen LogP contribution in [0.1, 0.15) is 5.56 Å². The Hall–Kier alpha value is -2.31. The number of rotatable bonds is 5. The van der Waals surface area contributed by atoms with E-state index in [1.807, 2.05) is 36.0 Å². The summed E-state index contributed by atoms with van der Waals surface area (Å²) in [4.78, 5) is 17.5. The highest BCUT2D eigenvalue weighted by Crippen LogP contribution is 2.32. The van der Waals surface area contributed by atoms with Gasteiger partial charge in [0.05, 0.1) is 12.1 Å². The van der Waals surface area contributed by atoms with Crippen LogP contribution in [0.5, 0.6) is 0 Å². The number of imidazole rings is 1. The zero-order chi connectivity index (χ0) is 17.8. The highest BCUT2D eigenvalue weighted by molar-refractivity contribution is 7.99. The highest BCUT2D eigenvalue weighted by atomic mass is 35.5.